The lowest BCUT2D eigenvalue weighted by Gasteiger charge is -2.09. The van der Waals surface area contributed by atoms with E-state index in [1.165, 1.54) is 13.0 Å². The van der Waals surface area contributed by atoms with E-state index in [4.69, 9.17) is 16.7 Å². The van der Waals surface area contributed by atoms with Gasteiger partial charge in [-0.05, 0) is 25.5 Å². The molecule has 1 aromatic carbocycles. The van der Waals surface area contributed by atoms with Gasteiger partial charge >= 0.3 is 5.97 Å². The Morgan fingerprint density at radius 3 is 2.64 bits per heavy atom. The van der Waals surface area contributed by atoms with Crippen molar-refractivity contribution in [1.29, 1.82) is 0 Å². The highest BCUT2D eigenvalue weighted by Crippen LogP contribution is 2.25. The SMILES string of the molecule is Cc1cc(C(C)C(=O)O)c(F)cc1Cl. The Morgan fingerprint density at radius 1 is 1.57 bits per heavy atom. The van der Waals surface area contributed by atoms with Gasteiger partial charge in [0.1, 0.15) is 5.82 Å². The third kappa shape index (κ3) is 2.04. The Bertz CT molecular complexity index is 377. The molecule has 0 aromatic heterocycles. The van der Waals surface area contributed by atoms with Gasteiger partial charge < -0.3 is 5.11 Å². The molecule has 0 spiro atoms. The fourth-order valence-electron chi connectivity index (χ4n) is 1.14. The third-order valence-electron chi connectivity index (χ3n) is 2.11. The fraction of sp³-hybridized carbons (Fsp3) is 0.300. The number of aliphatic carboxylic acids is 1. The molecule has 0 amide bonds. The van der Waals surface area contributed by atoms with Gasteiger partial charge in [0.2, 0.25) is 0 Å². The van der Waals surface area contributed by atoms with Gasteiger partial charge in [-0.3, -0.25) is 4.79 Å². The minimum atomic E-state index is -1.05. The van der Waals surface area contributed by atoms with Crippen LogP contribution in [0.25, 0.3) is 0 Å². The number of carboxylic acid groups (broad SMARTS) is 1. The summed E-state index contributed by atoms with van der Waals surface area (Å²) in [5.41, 5.74) is 0.843. The van der Waals surface area contributed by atoms with Gasteiger partial charge in [-0.1, -0.05) is 17.7 Å². The number of hydrogen-bond donors (Lipinski definition) is 1. The second-order valence-electron chi connectivity index (χ2n) is 3.18. The molecule has 0 fully saturated rings. The molecular formula is C10H10ClFO2. The van der Waals surface area contributed by atoms with Crippen molar-refractivity contribution < 1.29 is 14.3 Å². The summed E-state index contributed by atoms with van der Waals surface area (Å²) < 4.78 is 13.3. The van der Waals surface area contributed by atoms with Gasteiger partial charge in [0, 0.05) is 10.6 Å². The van der Waals surface area contributed by atoms with Crippen LogP contribution in [0.4, 0.5) is 4.39 Å². The molecule has 0 aliphatic heterocycles. The standard InChI is InChI=1S/C10H10ClFO2/c1-5-3-7(6(2)10(13)14)9(12)4-8(5)11/h3-4,6H,1-2H3,(H,13,14). The molecule has 0 heterocycles. The first-order valence-corrected chi connectivity index (χ1v) is 4.49. The van der Waals surface area contributed by atoms with Crippen molar-refractivity contribution in [2.45, 2.75) is 19.8 Å². The molecule has 0 saturated carbocycles. The maximum Gasteiger partial charge on any atom is 0.310 e. The maximum atomic E-state index is 13.3. The quantitative estimate of drug-likeness (QED) is 0.825. The largest absolute Gasteiger partial charge is 0.481 e. The van der Waals surface area contributed by atoms with Crippen LogP contribution in [-0.4, -0.2) is 11.1 Å². The highest BCUT2D eigenvalue weighted by molar-refractivity contribution is 6.31. The number of carbonyl (C=O) groups is 1. The van der Waals surface area contributed by atoms with E-state index in [0.717, 1.165) is 6.07 Å². The summed E-state index contributed by atoms with van der Waals surface area (Å²) in [5.74, 6) is -2.48. The van der Waals surface area contributed by atoms with Crippen molar-refractivity contribution in [3.05, 3.63) is 34.1 Å². The van der Waals surface area contributed by atoms with Crippen LogP contribution in [0.15, 0.2) is 12.1 Å². The molecule has 0 aliphatic rings. The molecule has 1 atom stereocenters. The minimum Gasteiger partial charge on any atom is -0.481 e. The molecule has 1 unspecified atom stereocenters. The summed E-state index contributed by atoms with van der Waals surface area (Å²) in [6.45, 7) is 3.15. The van der Waals surface area contributed by atoms with E-state index in [0.29, 0.717) is 10.6 Å². The molecule has 0 saturated heterocycles. The van der Waals surface area contributed by atoms with E-state index in [-0.39, 0.29) is 5.56 Å². The Balaban J connectivity index is 3.22. The van der Waals surface area contributed by atoms with Gasteiger partial charge in [-0.25, -0.2) is 4.39 Å². The zero-order valence-electron chi connectivity index (χ0n) is 7.84. The van der Waals surface area contributed by atoms with Crippen LogP contribution in [0.3, 0.4) is 0 Å². The first-order valence-electron chi connectivity index (χ1n) is 4.12. The summed E-state index contributed by atoms with van der Waals surface area (Å²) >= 11 is 5.68. The lowest BCUT2D eigenvalue weighted by atomic mass is 9.99. The number of aryl methyl sites for hydroxylation is 1. The predicted octanol–water partition coefficient (Wildman–Crippen LogP) is 2.98. The Kier molecular flexibility index (Phi) is 3.11. The summed E-state index contributed by atoms with van der Waals surface area (Å²) in [6.07, 6.45) is 0. The molecule has 2 nitrogen and oxygen atoms in total. The van der Waals surface area contributed by atoms with Crippen molar-refractivity contribution in [1.82, 2.24) is 0 Å². The third-order valence-corrected chi connectivity index (χ3v) is 2.52. The normalized spacial score (nSPS) is 12.6. The van der Waals surface area contributed by atoms with Crippen molar-refractivity contribution in [2.24, 2.45) is 0 Å². The van der Waals surface area contributed by atoms with Crippen LogP contribution in [-0.2, 0) is 4.79 Å². The molecule has 0 radical (unpaired) electrons. The summed E-state index contributed by atoms with van der Waals surface area (Å²) in [7, 11) is 0. The van der Waals surface area contributed by atoms with Crippen LogP contribution in [0.2, 0.25) is 5.02 Å². The molecule has 0 bridgehead atoms. The number of carboxylic acids is 1. The van der Waals surface area contributed by atoms with E-state index in [1.807, 2.05) is 0 Å². The molecule has 1 rings (SSSR count). The molecule has 4 heteroatoms. The van der Waals surface area contributed by atoms with Crippen LogP contribution >= 0.6 is 11.6 Å². The van der Waals surface area contributed by atoms with Crippen LogP contribution in [0.5, 0.6) is 0 Å². The predicted molar refractivity (Wildman–Crippen MR) is 52.2 cm³/mol. The van der Waals surface area contributed by atoms with Gasteiger partial charge in [0.25, 0.3) is 0 Å². The average Bonchev–Trinajstić information content (AvgIpc) is 2.10. The van der Waals surface area contributed by atoms with E-state index in [2.05, 4.69) is 0 Å². The first-order chi connectivity index (χ1) is 6.43. The van der Waals surface area contributed by atoms with Crippen LogP contribution in [0.1, 0.15) is 24.0 Å². The first kappa shape index (κ1) is 11.0. The Hall–Kier alpha value is -1.09. The Labute approximate surface area is 86.3 Å². The monoisotopic (exact) mass is 216 g/mol. The molecule has 76 valence electrons. The molecule has 1 aromatic rings. The lowest BCUT2D eigenvalue weighted by molar-refractivity contribution is -0.138. The second kappa shape index (κ2) is 3.96. The Morgan fingerprint density at radius 2 is 2.14 bits per heavy atom. The van der Waals surface area contributed by atoms with Crippen LogP contribution in [0, 0.1) is 12.7 Å². The van der Waals surface area contributed by atoms with Crippen molar-refractivity contribution >= 4 is 17.6 Å². The van der Waals surface area contributed by atoms with Crippen LogP contribution < -0.4 is 0 Å². The van der Waals surface area contributed by atoms with E-state index in [9.17, 15) is 9.18 Å². The van der Waals surface area contributed by atoms with Crippen molar-refractivity contribution in [2.75, 3.05) is 0 Å². The average molecular weight is 217 g/mol. The summed E-state index contributed by atoms with van der Waals surface area (Å²) in [4.78, 5) is 10.6. The topological polar surface area (TPSA) is 37.3 Å². The molecule has 14 heavy (non-hydrogen) atoms. The number of halogens is 2. The fourth-order valence-corrected chi connectivity index (χ4v) is 1.29. The van der Waals surface area contributed by atoms with Crippen molar-refractivity contribution in [3.8, 4) is 0 Å². The van der Waals surface area contributed by atoms with Gasteiger partial charge in [0.05, 0.1) is 5.92 Å². The van der Waals surface area contributed by atoms with Gasteiger partial charge in [-0.2, -0.15) is 0 Å². The zero-order chi connectivity index (χ0) is 10.9. The highest BCUT2D eigenvalue weighted by Gasteiger charge is 2.18. The molecule has 0 aliphatic carbocycles. The number of hydrogen-bond acceptors (Lipinski definition) is 1. The van der Waals surface area contributed by atoms with E-state index < -0.39 is 17.7 Å². The van der Waals surface area contributed by atoms with E-state index >= 15 is 0 Å². The van der Waals surface area contributed by atoms with Gasteiger partial charge in [-0.15, -0.1) is 0 Å². The number of rotatable bonds is 2. The maximum absolute atomic E-state index is 13.3. The zero-order valence-corrected chi connectivity index (χ0v) is 8.60. The smallest absolute Gasteiger partial charge is 0.310 e. The molecule has 1 N–H and O–H groups in total. The lowest BCUT2D eigenvalue weighted by Crippen LogP contribution is -2.09. The highest BCUT2D eigenvalue weighted by atomic mass is 35.5. The summed E-state index contributed by atoms with van der Waals surface area (Å²) in [5, 5.41) is 9.03. The second-order valence-corrected chi connectivity index (χ2v) is 3.59. The minimum absolute atomic E-state index is 0.166. The summed E-state index contributed by atoms with van der Waals surface area (Å²) in [6, 6.07) is 2.61. The molecular weight excluding hydrogens is 207 g/mol. The number of benzene rings is 1. The van der Waals surface area contributed by atoms with Crippen molar-refractivity contribution in [3.63, 3.8) is 0 Å². The van der Waals surface area contributed by atoms with Gasteiger partial charge in [0.15, 0.2) is 0 Å². The van der Waals surface area contributed by atoms with E-state index in [1.54, 1.807) is 6.92 Å².